The number of hydrogen-bond donors (Lipinski definition) is 4. The first-order valence-corrected chi connectivity index (χ1v) is 17.2. The van der Waals surface area contributed by atoms with E-state index in [1.807, 2.05) is 56.0 Å². The molecule has 2 aliphatic carbocycles. The summed E-state index contributed by atoms with van der Waals surface area (Å²) in [6, 6.07) is 11.9. The van der Waals surface area contributed by atoms with Gasteiger partial charge in [-0.3, -0.25) is 14.0 Å². The Labute approximate surface area is 296 Å². The third-order valence-electron chi connectivity index (χ3n) is 9.08. The predicted molar refractivity (Wildman–Crippen MR) is 193 cm³/mol. The quantitative estimate of drug-likeness (QED) is 0.217. The molecule has 11 nitrogen and oxygen atoms in total. The van der Waals surface area contributed by atoms with Gasteiger partial charge in [-0.05, 0) is 108 Å². The van der Waals surface area contributed by atoms with Crippen LogP contribution in [-0.2, 0) is 27.2 Å². The third-order valence-corrected chi connectivity index (χ3v) is 9.08. The van der Waals surface area contributed by atoms with Gasteiger partial charge in [-0.1, -0.05) is 24.3 Å². The number of halogens is 1. The zero-order valence-corrected chi connectivity index (χ0v) is 29.3. The molecule has 2 amide bonds. The number of carbonyl (C=O) groups is 3. The number of carboxylic acid groups (broad SMARTS) is 1. The lowest BCUT2D eigenvalue weighted by Crippen LogP contribution is -2.48. The summed E-state index contributed by atoms with van der Waals surface area (Å²) in [4.78, 5) is 44.2. The summed E-state index contributed by atoms with van der Waals surface area (Å²) >= 11 is 0. The van der Waals surface area contributed by atoms with Crippen molar-refractivity contribution in [2.45, 2.75) is 128 Å². The van der Waals surface area contributed by atoms with E-state index in [1.54, 1.807) is 6.07 Å². The number of amides is 2. The topological polar surface area (TPSA) is 143 Å². The predicted octanol–water partition coefficient (Wildman–Crippen LogP) is 7.87. The first-order chi connectivity index (χ1) is 24.3. The van der Waals surface area contributed by atoms with Gasteiger partial charge >= 0.3 is 12.1 Å². The molecular weight excluding hydrogens is 639 g/mol. The Bertz CT molecular complexity index is 1570. The number of fused-ring (bicyclic) bond motifs is 1. The smallest absolute Gasteiger partial charge is 0.407 e. The average molecular weight is 692 g/mol. The lowest BCUT2D eigenvalue weighted by molar-refractivity contribution is -0.137. The van der Waals surface area contributed by atoms with Crippen molar-refractivity contribution in [3.63, 3.8) is 0 Å². The van der Waals surface area contributed by atoms with E-state index in [0.717, 1.165) is 80.3 Å². The fourth-order valence-electron chi connectivity index (χ4n) is 6.62. The highest BCUT2D eigenvalue weighted by molar-refractivity contribution is 5.97. The maximum Gasteiger partial charge on any atom is 0.407 e. The van der Waals surface area contributed by atoms with E-state index < -0.39 is 18.7 Å². The van der Waals surface area contributed by atoms with Crippen molar-refractivity contribution in [3.05, 3.63) is 70.4 Å². The molecule has 2 aromatic carbocycles. The van der Waals surface area contributed by atoms with E-state index in [1.165, 1.54) is 0 Å². The van der Waals surface area contributed by atoms with E-state index in [9.17, 15) is 18.8 Å². The van der Waals surface area contributed by atoms with Crippen molar-refractivity contribution in [1.82, 2.24) is 5.32 Å². The number of nitrogens with two attached hydrogens (primary N) is 1. The highest BCUT2D eigenvalue weighted by atomic mass is 19.1. The number of nitrogens with one attached hydrogen (secondary N) is 2. The zero-order valence-electron chi connectivity index (χ0n) is 30.3. The van der Waals surface area contributed by atoms with Gasteiger partial charge in [0.25, 0.3) is 0 Å². The summed E-state index contributed by atoms with van der Waals surface area (Å²) in [6.45, 7) is 19.9. The Morgan fingerprint density at radius 3 is 2.20 bits per heavy atom. The molecule has 1 aliphatic heterocycles. The summed E-state index contributed by atoms with van der Waals surface area (Å²) in [7, 11) is -1.00. The number of aryl methyl sites for hydroxylation is 2. The molecule has 0 unspecified atom stereocenters. The van der Waals surface area contributed by atoms with Gasteiger partial charge in [0.15, 0.2) is 11.4 Å². The van der Waals surface area contributed by atoms with Crippen molar-refractivity contribution in [2.75, 3.05) is 17.4 Å². The van der Waals surface area contributed by atoms with Gasteiger partial charge in [-0.15, -0.1) is 0 Å². The maximum atomic E-state index is 12.6. The number of anilines is 2. The minimum atomic E-state index is -1.00. The van der Waals surface area contributed by atoms with Crippen LogP contribution in [0.4, 0.5) is 31.9 Å². The number of carboxylic acids is 1. The first-order valence-electron chi connectivity index (χ1n) is 17.9. The molecule has 50 heavy (non-hydrogen) atoms. The van der Waals surface area contributed by atoms with Gasteiger partial charge in [0.05, 0.1) is 21.7 Å². The van der Waals surface area contributed by atoms with Crippen LogP contribution in [0.15, 0.2) is 36.4 Å². The Morgan fingerprint density at radius 2 is 1.60 bits per heavy atom. The van der Waals surface area contributed by atoms with Gasteiger partial charge in [-0.25, -0.2) is 14.5 Å². The van der Waals surface area contributed by atoms with E-state index in [4.69, 9.17) is 30.1 Å². The molecule has 0 spiro atoms. The Morgan fingerprint density at radius 1 is 1.00 bits per heavy atom. The monoisotopic (exact) mass is 691 g/mol. The largest absolute Gasteiger partial charge is 0.481 e. The zero-order chi connectivity index (χ0) is 37.6. The van der Waals surface area contributed by atoms with E-state index >= 15 is 0 Å². The fourth-order valence-corrected chi connectivity index (χ4v) is 6.62. The van der Waals surface area contributed by atoms with Crippen LogP contribution >= 0.6 is 0 Å². The number of carbonyl (C=O) groups excluding carboxylic acids is 2. The third kappa shape index (κ3) is 12.0. The van der Waals surface area contributed by atoms with Crippen LogP contribution in [0.2, 0.25) is 0 Å². The van der Waals surface area contributed by atoms with Gasteiger partial charge in [0, 0.05) is 48.4 Å². The van der Waals surface area contributed by atoms with Crippen LogP contribution in [0.1, 0.15) is 97.5 Å². The molecular formula is C38H51FN6O5. The Balaban J connectivity index is 0.000000263. The van der Waals surface area contributed by atoms with Crippen molar-refractivity contribution < 1.29 is 30.0 Å². The lowest BCUT2D eigenvalue weighted by Gasteiger charge is -2.40. The summed E-state index contributed by atoms with van der Waals surface area (Å²) in [6.07, 6.45) is 8.76. The molecule has 2 fully saturated rings. The van der Waals surface area contributed by atoms with Crippen molar-refractivity contribution in [2.24, 2.45) is 5.73 Å². The molecule has 5 rings (SSSR count). The molecule has 0 bridgehead atoms. The second-order valence-corrected chi connectivity index (χ2v) is 13.9. The summed E-state index contributed by atoms with van der Waals surface area (Å²) in [5, 5.41) is 15.3. The van der Waals surface area contributed by atoms with Crippen molar-refractivity contribution >= 4 is 40.7 Å². The molecule has 0 saturated heterocycles. The molecule has 0 aromatic heterocycles. The molecule has 2 aromatic rings. The Hall–Kier alpha value is -4.68. The number of hydrogen-bond acceptors (Lipinski definition) is 6. The van der Waals surface area contributed by atoms with E-state index in [-0.39, 0.29) is 30.5 Å². The normalized spacial score (nSPS) is 21.6. The van der Waals surface area contributed by atoms with Crippen LogP contribution in [0.3, 0.4) is 0 Å². The van der Waals surface area contributed by atoms with Crippen LogP contribution in [-0.4, -0.2) is 60.0 Å². The molecule has 0 atom stereocenters. The number of aliphatic carboxylic acids is 1. The number of ether oxygens (including phenoxy) is 1. The van der Waals surface area contributed by atoms with Gasteiger partial charge in [0.1, 0.15) is 5.60 Å². The minimum absolute atomic E-state index is 0.0741. The van der Waals surface area contributed by atoms with Gasteiger partial charge < -0.3 is 31.1 Å². The standard InChI is InChI=1S/C21H27N3O3.C16H21N3O2.CH3F/c1-21(2,3)27-20(26)23-15-8-10-17(11-9-15)24-18-13-16(22-4)7-5-14(18)6-12-19(24)25;1-18-14-6-2-11(3-9-16(20)21)15(10-14)19-13-7-4-12(17)5-8-13;1-2/h5,7,13,15,17H,6,8-12H2,1-3H3,(H,23,26);2,6,10,12-13,19H,3-5,7-9,17H2,(H,20,21);1H3/i;;1D. The summed E-state index contributed by atoms with van der Waals surface area (Å²) < 4.78 is 20.8. The lowest BCUT2D eigenvalue weighted by atomic mass is 9.88. The fraction of sp³-hybridized carbons (Fsp3) is 0.553. The van der Waals surface area contributed by atoms with Gasteiger partial charge in [0.2, 0.25) is 5.91 Å². The van der Waals surface area contributed by atoms with Crippen LogP contribution in [0.5, 0.6) is 0 Å². The van der Waals surface area contributed by atoms with E-state index in [2.05, 4.69) is 20.3 Å². The molecule has 5 N–H and O–H groups in total. The second kappa shape index (κ2) is 18.9. The van der Waals surface area contributed by atoms with Crippen molar-refractivity contribution in [3.8, 4) is 0 Å². The average Bonchev–Trinajstić information content (AvgIpc) is 3.08. The molecule has 270 valence electrons. The van der Waals surface area contributed by atoms with Crippen LogP contribution < -0.4 is 21.3 Å². The first kappa shape index (κ1) is 38.1. The minimum Gasteiger partial charge on any atom is -0.481 e. The number of alkyl halides is 1. The molecule has 1 heterocycles. The van der Waals surface area contributed by atoms with Crippen LogP contribution in [0, 0.1) is 13.1 Å². The number of rotatable bonds is 7. The number of benzene rings is 2. The molecule has 12 heteroatoms. The van der Waals surface area contributed by atoms with Gasteiger partial charge in [-0.2, -0.15) is 0 Å². The highest BCUT2D eigenvalue weighted by Gasteiger charge is 2.34. The Kier molecular flexibility index (Phi) is 14.4. The van der Waals surface area contributed by atoms with Crippen molar-refractivity contribution in [1.29, 1.82) is 0 Å². The molecule has 2 saturated carbocycles. The summed E-state index contributed by atoms with van der Waals surface area (Å²) in [5.41, 5.74) is 10.4. The van der Waals surface area contributed by atoms with E-state index in [0.29, 0.717) is 36.3 Å². The molecule has 3 aliphatic rings. The summed E-state index contributed by atoms with van der Waals surface area (Å²) in [5.74, 6) is -0.674. The number of nitrogens with zero attached hydrogens (tertiary/aromatic N) is 3. The highest BCUT2D eigenvalue weighted by Crippen LogP contribution is 2.37. The molecule has 0 radical (unpaired) electrons. The maximum absolute atomic E-state index is 12.6. The van der Waals surface area contributed by atoms with Crippen LogP contribution in [0.25, 0.3) is 9.69 Å². The second-order valence-electron chi connectivity index (χ2n) is 13.9. The number of alkyl carbamates (subject to hydrolysis) is 1. The SMILES string of the molecule is [2H]CF.[C-]#[N+]c1ccc(CCC(=O)O)c(NC2CCC(N)CC2)c1.[C-]#[N+]c1ccc2c(c1)N(C1CCC(NC(=O)OC(C)(C)C)CC1)C(=O)CC2.